The number of hydrogen-bond acceptors (Lipinski definition) is 6. The summed E-state index contributed by atoms with van der Waals surface area (Å²) in [5.41, 5.74) is 4.48. The molecular formula is C24H25N7O2. The van der Waals surface area contributed by atoms with Crippen LogP contribution in [0.5, 0.6) is 0 Å². The lowest BCUT2D eigenvalue weighted by molar-refractivity contribution is 0.146. The lowest BCUT2D eigenvalue weighted by Crippen LogP contribution is -2.35. The number of rotatable bonds is 4. The number of ether oxygens (including phenoxy) is 1. The summed E-state index contributed by atoms with van der Waals surface area (Å²) in [6, 6.07) is 9.44. The molecule has 0 aliphatic carbocycles. The van der Waals surface area contributed by atoms with Gasteiger partial charge in [-0.05, 0) is 6.42 Å². The molecule has 9 heteroatoms. The fourth-order valence-electron chi connectivity index (χ4n) is 4.00. The first kappa shape index (κ1) is 20.7. The molecule has 0 unspecified atom stereocenters. The molecule has 168 valence electrons. The van der Waals surface area contributed by atoms with Gasteiger partial charge in [0.05, 0.1) is 12.4 Å². The van der Waals surface area contributed by atoms with E-state index in [1.54, 1.807) is 14.1 Å². The van der Waals surface area contributed by atoms with Crippen molar-refractivity contribution < 1.29 is 9.53 Å². The highest BCUT2D eigenvalue weighted by Crippen LogP contribution is 2.25. The third kappa shape index (κ3) is 4.30. The maximum Gasteiger partial charge on any atom is 0.415 e. The van der Waals surface area contributed by atoms with Crippen LogP contribution in [-0.2, 0) is 11.8 Å². The Kier molecular flexibility index (Phi) is 5.52. The minimum atomic E-state index is -0.371. The van der Waals surface area contributed by atoms with E-state index in [1.807, 2.05) is 68.4 Å². The fourth-order valence-corrected chi connectivity index (χ4v) is 4.00. The predicted molar refractivity (Wildman–Crippen MR) is 126 cm³/mol. The second-order valence-electron chi connectivity index (χ2n) is 8.03. The van der Waals surface area contributed by atoms with Crippen molar-refractivity contribution in [1.82, 2.24) is 29.3 Å². The largest absolute Gasteiger partial charge is 0.415 e. The highest BCUT2D eigenvalue weighted by molar-refractivity contribution is 5.76. The summed E-state index contributed by atoms with van der Waals surface area (Å²) >= 11 is 0. The molecule has 5 rings (SSSR count). The van der Waals surface area contributed by atoms with Crippen LogP contribution in [0, 0.1) is 0 Å². The first-order valence-electron chi connectivity index (χ1n) is 10.9. The Morgan fingerprint density at radius 1 is 0.970 bits per heavy atom. The van der Waals surface area contributed by atoms with Gasteiger partial charge in [0.25, 0.3) is 0 Å². The van der Waals surface area contributed by atoms with E-state index in [9.17, 15) is 4.79 Å². The van der Waals surface area contributed by atoms with E-state index in [4.69, 9.17) is 4.74 Å². The van der Waals surface area contributed by atoms with Gasteiger partial charge in [-0.25, -0.2) is 14.3 Å². The van der Waals surface area contributed by atoms with E-state index in [2.05, 4.69) is 26.7 Å². The average Bonchev–Trinajstić information content (AvgIpc) is 3.38. The number of hydrogen-bond donors (Lipinski definition) is 0. The van der Waals surface area contributed by atoms with Gasteiger partial charge in [0.1, 0.15) is 11.4 Å². The molecule has 0 N–H and O–H groups in total. The van der Waals surface area contributed by atoms with E-state index >= 15 is 0 Å². The fraction of sp³-hybridized carbons (Fsp3) is 0.250. The highest BCUT2D eigenvalue weighted by atomic mass is 16.6. The smallest absolute Gasteiger partial charge is 0.410 e. The number of nitrogens with zero attached hydrogens (tertiary/aromatic N) is 7. The van der Waals surface area contributed by atoms with Crippen LogP contribution < -0.4 is 4.90 Å². The van der Waals surface area contributed by atoms with Gasteiger partial charge < -0.3 is 14.5 Å². The van der Waals surface area contributed by atoms with Gasteiger partial charge in [0, 0.05) is 68.5 Å². The lowest BCUT2D eigenvalue weighted by atomic mass is 10.2. The molecule has 3 aromatic heterocycles. The van der Waals surface area contributed by atoms with E-state index in [1.165, 1.54) is 0 Å². The van der Waals surface area contributed by atoms with Crippen molar-refractivity contribution in [1.29, 1.82) is 0 Å². The van der Waals surface area contributed by atoms with Gasteiger partial charge in [-0.1, -0.05) is 36.9 Å². The van der Waals surface area contributed by atoms with E-state index < -0.39 is 0 Å². The Balaban J connectivity index is 1.27. The topological polar surface area (TPSA) is 80.8 Å². The van der Waals surface area contributed by atoms with Gasteiger partial charge >= 0.3 is 6.09 Å². The van der Waals surface area contributed by atoms with Crippen LogP contribution in [0.4, 0.5) is 10.5 Å². The Morgan fingerprint density at radius 2 is 1.79 bits per heavy atom. The first-order valence-corrected chi connectivity index (χ1v) is 10.9. The van der Waals surface area contributed by atoms with Crippen molar-refractivity contribution in [3.8, 4) is 11.1 Å². The van der Waals surface area contributed by atoms with Gasteiger partial charge in [0.15, 0.2) is 5.65 Å². The number of carbonyl (C=O) groups excluding carboxylic acids is 1. The molecule has 4 aromatic rings. The lowest BCUT2D eigenvalue weighted by Gasteiger charge is -2.22. The normalized spacial score (nSPS) is 14.3. The molecule has 9 nitrogen and oxygen atoms in total. The summed E-state index contributed by atoms with van der Waals surface area (Å²) in [5, 5.41) is 8.73. The highest BCUT2D eigenvalue weighted by Gasteiger charge is 2.23. The number of fused-ring (bicyclic) bond motifs is 1. The zero-order valence-corrected chi connectivity index (χ0v) is 18.5. The van der Waals surface area contributed by atoms with E-state index in [0.29, 0.717) is 25.4 Å². The van der Waals surface area contributed by atoms with Crippen LogP contribution in [0.3, 0.4) is 0 Å². The van der Waals surface area contributed by atoms with Crippen molar-refractivity contribution >= 4 is 23.2 Å². The number of carbonyl (C=O) groups is 1. The molecule has 1 aliphatic heterocycles. The van der Waals surface area contributed by atoms with Crippen molar-refractivity contribution in [2.24, 2.45) is 7.05 Å². The van der Waals surface area contributed by atoms with Gasteiger partial charge in [-0.2, -0.15) is 10.2 Å². The third-order valence-electron chi connectivity index (χ3n) is 5.78. The van der Waals surface area contributed by atoms with Crippen LogP contribution in [0.15, 0.2) is 67.9 Å². The molecule has 0 bridgehead atoms. The molecule has 1 aromatic carbocycles. The van der Waals surface area contributed by atoms with Crippen molar-refractivity contribution in [2.45, 2.75) is 6.42 Å². The minimum Gasteiger partial charge on any atom is -0.410 e. The molecule has 0 radical (unpaired) electrons. The van der Waals surface area contributed by atoms with Gasteiger partial charge in [-0.15, -0.1) is 0 Å². The maximum atomic E-state index is 12.7. The summed E-state index contributed by atoms with van der Waals surface area (Å²) in [6.45, 7) is 6.54. The molecule has 0 atom stereocenters. The zero-order valence-electron chi connectivity index (χ0n) is 18.5. The predicted octanol–water partition coefficient (Wildman–Crippen LogP) is 3.45. The van der Waals surface area contributed by atoms with E-state index in [-0.39, 0.29) is 6.09 Å². The molecule has 1 fully saturated rings. The number of benzene rings is 1. The zero-order chi connectivity index (χ0) is 22.8. The van der Waals surface area contributed by atoms with Crippen LogP contribution >= 0.6 is 0 Å². The Labute approximate surface area is 191 Å². The number of anilines is 1. The molecule has 1 amide bonds. The third-order valence-corrected chi connectivity index (χ3v) is 5.78. The molecule has 0 saturated carbocycles. The Bertz CT molecular complexity index is 1290. The van der Waals surface area contributed by atoms with Crippen molar-refractivity contribution in [3.05, 3.63) is 73.5 Å². The van der Waals surface area contributed by atoms with Crippen LogP contribution in [0.1, 0.15) is 12.0 Å². The molecule has 4 heterocycles. The summed E-state index contributed by atoms with van der Waals surface area (Å²) in [6.07, 6.45) is 9.83. The minimum absolute atomic E-state index is 0.359. The van der Waals surface area contributed by atoms with Crippen molar-refractivity contribution in [2.75, 3.05) is 31.1 Å². The molecule has 33 heavy (non-hydrogen) atoms. The monoisotopic (exact) mass is 443 g/mol. The SMILES string of the molecule is C=C(OC(=O)N1CCCN(c2cnn3cc(-c4cnn(C)c4)cnc23)CC1)c1ccccc1. The summed E-state index contributed by atoms with van der Waals surface area (Å²) in [5.74, 6) is 0.359. The summed E-state index contributed by atoms with van der Waals surface area (Å²) in [4.78, 5) is 21.3. The molecule has 1 aliphatic rings. The quantitative estimate of drug-likeness (QED) is 0.450. The summed E-state index contributed by atoms with van der Waals surface area (Å²) in [7, 11) is 1.89. The molecule has 0 spiro atoms. The standard InChI is InChI=1S/C24H25N7O2/c1-18(19-7-4-3-5-8-19)33-24(32)30-10-6-9-29(11-12-30)22-15-27-31-17-20(13-25-23(22)31)21-14-26-28(2)16-21/h3-5,7-8,13-17H,1,6,9-12H2,2H3. The van der Waals surface area contributed by atoms with Gasteiger partial charge in [-0.3, -0.25) is 4.68 Å². The van der Waals surface area contributed by atoms with Crippen LogP contribution in [0.2, 0.25) is 0 Å². The van der Waals surface area contributed by atoms with Crippen LogP contribution in [0.25, 0.3) is 22.5 Å². The Hall–Kier alpha value is -4.14. The van der Waals surface area contributed by atoms with Crippen molar-refractivity contribution in [3.63, 3.8) is 0 Å². The summed E-state index contributed by atoms with van der Waals surface area (Å²) < 4.78 is 9.07. The second kappa shape index (κ2) is 8.78. The molecular weight excluding hydrogens is 418 g/mol. The average molecular weight is 444 g/mol. The van der Waals surface area contributed by atoms with Crippen LogP contribution in [-0.4, -0.2) is 61.6 Å². The number of aryl methyl sites for hydroxylation is 1. The van der Waals surface area contributed by atoms with E-state index in [0.717, 1.165) is 41.0 Å². The maximum absolute atomic E-state index is 12.7. The number of amides is 1. The first-order chi connectivity index (χ1) is 16.1. The molecule has 1 saturated heterocycles. The van der Waals surface area contributed by atoms with Gasteiger partial charge in [0.2, 0.25) is 0 Å². The second-order valence-corrected chi connectivity index (χ2v) is 8.03. The number of aromatic nitrogens is 5. The Morgan fingerprint density at radius 3 is 2.58 bits per heavy atom.